The van der Waals surface area contributed by atoms with Crippen molar-refractivity contribution in [3.8, 4) is 0 Å². The van der Waals surface area contributed by atoms with E-state index in [1.165, 1.54) is 0 Å². The third kappa shape index (κ3) is 4.69. The normalized spacial score (nSPS) is 17.2. The van der Waals surface area contributed by atoms with E-state index in [1.54, 1.807) is 4.90 Å². The van der Waals surface area contributed by atoms with Gasteiger partial charge in [0.25, 0.3) is 5.91 Å². The van der Waals surface area contributed by atoms with E-state index < -0.39 is 11.6 Å². The number of nitrogens with zero attached hydrogens (tertiary/aromatic N) is 2. The van der Waals surface area contributed by atoms with Gasteiger partial charge in [0.15, 0.2) is 0 Å². The molecular formula is C17H26N4O3. The second-order valence-corrected chi connectivity index (χ2v) is 6.83. The van der Waals surface area contributed by atoms with E-state index in [-0.39, 0.29) is 12.0 Å². The van der Waals surface area contributed by atoms with E-state index in [1.807, 2.05) is 56.0 Å². The van der Waals surface area contributed by atoms with Crippen LogP contribution in [0, 0.1) is 0 Å². The number of benzene rings is 1. The number of rotatable bonds is 3. The maximum absolute atomic E-state index is 12.2. The number of piperazine rings is 1. The summed E-state index contributed by atoms with van der Waals surface area (Å²) < 4.78 is 5.40. The van der Waals surface area contributed by atoms with Crippen molar-refractivity contribution >= 4 is 12.0 Å². The Morgan fingerprint density at radius 2 is 1.71 bits per heavy atom. The average Bonchev–Trinajstić information content (AvgIpc) is 2.55. The molecule has 0 aliphatic carbocycles. The van der Waals surface area contributed by atoms with Gasteiger partial charge in [-0.3, -0.25) is 15.1 Å². The Hall–Kier alpha value is -2.12. The van der Waals surface area contributed by atoms with Crippen molar-refractivity contribution in [1.82, 2.24) is 15.2 Å². The van der Waals surface area contributed by atoms with Crippen molar-refractivity contribution in [1.29, 1.82) is 0 Å². The summed E-state index contributed by atoms with van der Waals surface area (Å²) in [5.74, 6) is 5.09. The molecule has 1 heterocycles. The molecule has 0 saturated carbocycles. The highest BCUT2D eigenvalue weighted by atomic mass is 16.6. The smallest absolute Gasteiger partial charge is 0.410 e. The third-order valence-electron chi connectivity index (χ3n) is 3.84. The van der Waals surface area contributed by atoms with Crippen molar-refractivity contribution in [3.63, 3.8) is 0 Å². The van der Waals surface area contributed by atoms with Crippen LogP contribution in [0.4, 0.5) is 4.79 Å². The Bertz CT molecular complexity index is 563. The average molecular weight is 334 g/mol. The van der Waals surface area contributed by atoms with Gasteiger partial charge in [-0.15, -0.1) is 0 Å². The van der Waals surface area contributed by atoms with Gasteiger partial charge in [0, 0.05) is 26.2 Å². The van der Waals surface area contributed by atoms with Gasteiger partial charge < -0.3 is 9.64 Å². The Morgan fingerprint density at radius 3 is 2.21 bits per heavy atom. The molecule has 7 nitrogen and oxygen atoms in total. The number of carbonyl (C=O) groups is 2. The van der Waals surface area contributed by atoms with Gasteiger partial charge in [-0.2, -0.15) is 0 Å². The van der Waals surface area contributed by atoms with Crippen LogP contribution in [0.1, 0.15) is 32.4 Å². The monoisotopic (exact) mass is 334 g/mol. The summed E-state index contributed by atoms with van der Waals surface area (Å²) >= 11 is 0. The van der Waals surface area contributed by atoms with Crippen LogP contribution in [-0.4, -0.2) is 53.6 Å². The van der Waals surface area contributed by atoms with Crippen LogP contribution in [0.15, 0.2) is 30.3 Å². The number of hydrogen-bond donors (Lipinski definition) is 2. The molecule has 0 aromatic heterocycles. The van der Waals surface area contributed by atoms with E-state index in [4.69, 9.17) is 10.6 Å². The fourth-order valence-corrected chi connectivity index (χ4v) is 2.73. The van der Waals surface area contributed by atoms with Crippen molar-refractivity contribution in [2.24, 2.45) is 5.84 Å². The van der Waals surface area contributed by atoms with Crippen LogP contribution < -0.4 is 11.3 Å². The van der Waals surface area contributed by atoms with E-state index in [9.17, 15) is 9.59 Å². The molecule has 0 radical (unpaired) electrons. The van der Waals surface area contributed by atoms with Crippen LogP contribution in [0.25, 0.3) is 0 Å². The number of amides is 2. The van der Waals surface area contributed by atoms with Gasteiger partial charge in [0.2, 0.25) is 0 Å². The molecule has 24 heavy (non-hydrogen) atoms. The lowest BCUT2D eigenvalue weighted by molar-refractivity contribution is -0.127. The molecule has 1 fully saturated rings. The van der Waals surface area contributed by atoms with E-state index in [0.29, 0.717) is 26.2 Å². The number of nitrogens with one attached hydrogen (secondary N) is 1. The predicted molar refractivity (Wildman–Crippen MR) is 90.9 cm³/mol. The minimum absolute atomic E-state index is 0.257. The van der Waals surface area contributed by atoms with Crippen LogP contribution >= 0.6 is 0 Å². The lowest BCUT2D eigenvalue weighted by atomic mass is 10.0. The Kier molecular flexibility index (Phi) is 5.80. The number of hydrogen-bond acceptors (Lipinski definition) is 5. The van der Waals surface area contributed by atoms with Crippen molar-refractivity contribution in [3.05, 3.63) is 35.9 Å². The molecular weight excluding hydrogens is 308 g/mol. The van der Waals surface area contributed by atoms with Crippen molar-refractivity contribution in [2.75, 3.05) is 26.2 Å². The zero-order valence-electron chi connectivity index (χ0n) is 14.5. The molecule has 0 spiro atoms. The van der Waals surface area contributed by atoms with Gasteiger partial charge in [0.1, 0.15) is 11.6 Å². The molecule has 1 aromatic rings. The first-order valence-corrected chi connectivity index (χ1v) is 8.09. The molecule has 3 N–H and O–H groups in total. The molecule has 2 amide bonds. The Morgan fingerprint density at radius 1 is 1.12 bits per heavy atom. The first-order valence-electron chi connectivity index (χ1n) is 8.09. The summed E-state index contributed by atoms with van der Waals surface area (Å²) in [7, 11) is 0. The molecule has 132 valence electrons. The topological polar surface area (TPSA) is 87.9 Å². The molecule has 0 bridgehead atoms. The highest BCUT2D eigenvalue weighted by Crippen LogP contribution is 2.23. The molecule has 1 aromatic carbocycles. The van der Waals surface area contributed by atoms with Gasteiger partial charge in [-0.1, -0.05) is 30.3 Å². The molecule has 2 rings (SSSR count). The first kappa shape index (κ1) is 18.2. The zero-order chi connectivity index (χ0) is 17.7. The fraction of sp³-hybridized carbons (Fsp3) is 0.529. The zero-order valence-corrected chi connectivity index (χ0v) is 14.5. The summed E-state index contributed by atoms with van der Waals surface area (Å²) in [6.45, 7) is 7.71. The summed E-state index contributed by atoms with van der Waals surface area (Å²) in [6, 6.07) is 9.03. The van der Waals surface area contributed by atoms with E-state index in [0.717, 1.165) is 5.56 Å². The van der Waals surface area contributed by atoms with Gasteiger partial charge in [-0.05, 0) is 26.3 Å². The minimum atomic E-state index is -0.514. The maximum atomic E-state index is 12.2. The summed E-state index contributed by atoms with van der Waals surface area (Å²) in [4.78, 5) is 28.1. The standard InChI is InChI=1S/C17H26N4O3/c1-17(2,3)24-16(23)21-11-9-20(10-12-21)14(15(22)19-18)13-7-5-4-6-8-13/h4-8,14H,9-12,18H2,1-3H3,(H,19,22)/t14-/m0/s1. The summed E-state index contributed by atoms with van der Waals surface area (Å²) in [6.07, 6.45) is -0.318. The number of nitrogens with two attached hydrogens (primary N) is 1. The maximum Gasteiger partial charge on any atom is 0.410 e. The van der Waals surface area contributed by atoms with Crippen LogP contribution in [-0.2, 0) is 9.53 Å². The predicted octanol–water partition coefficient (Wildman–Crippen LogP) is 1.27. The third-order valence-corrected chi connectivity index (χ3v) is 3.84. The summed E-state index contributed by atoms with van der Waals surface area (Å²) in [5, 5.41) is 0. The van der Waals surface area contributed by atoms with Crippen molar-refractivity contribution < 1.29 is 14.3 Å². The molecule has 1 aliphatic rings. The van der Waals surface area contributed by atoms with Crippen LogP contribution in [0.5, 0.6) is 0 Å². The first-order chi connectivity index (χ1) is 11.3. The lowest BCUT2D eigenvalue weighted by Crippen LogP contribution is -2.53. The second kappa shape index (κ2) is 7.63. The largest absolute Gasteiger partial charge is 0.444 e. The molecule has 1 aliphatic heterocycles. The SMILES string of the molecule is CC(C)(C)OC(=O)N1CCN([C@H](C(=O)NN)c2ccccc2)CC1. The number of ether oxygens (including phenoxy) is 1. The molecule has 1 saturated heterocycles. The summed E-state index contributed by atoms with van der Waals surface area (Å²) in [5.41, 5.74) is 2.61. The lowest BCUT2D eigenvalue weighted by Gasteiger charge is -2.38. The van der Waals surface area contributed by atoms with Crippen molar-refractivity contribution in [2.45, 2.75) is 32.4 Å². The van der Waals surface area contributed by atoms with Gasteiger partial charge >= 0.3 is 6.09 Å². The molecule has 7 heteroatoms. The second-order valence-electron chi connectivity index (χ2n) is 6.83. The van der Waals surface area contributed by atoms with E-state index in [2.05, 4.69) is 5.43 Å². The highest BCUT2D eigenvalue weighted by molar-refractivity contribution is 5.82. The quantitative estimate of drug-likeness (QED) is 0.494. The van der Waals surface area contributed by atoms with E-state index >= 15 is 0 Å². The Balaban J connectivity index is 2.03. The molecule has 0 unspecified atom stereocenters. The number of carbonyl (C=O) groups excluding carboxylic acids is 2. The van der Waals surface area contributed by atoms with Gasteiger partial charge in [0.05, 0.1) is 0 Å². The van der Waals surface area contributed by atoms with Gasteiger partial charge in [-0.25, -0.2) is 10.6 Å². The minimum Gasteiger partial charge on any atom is -0.444 e. The highest BCUT2D eigenvalue weighted by Gasteiger charge is 2.32. The van der Waals surface area contributed by atoms with Crippen LogP contribution in [0.2, 0.25) is 0 Å². The Labute approximate surface area is 142 Å². The molecule has 1 atom stereocenters. The van der Waals surface area contributed by atoms with Crippen LogP contribution in [0.3, 0.4) is 0 Å². The fourth-order valence-electron chi connectivity index (χ4n) is 2.73. The number of hydrazine groups is 1.